The minimum Gasteiger partial charge on any atom is -0.480 e. The number of carbonyl (C=O) groups is 2. The monoisotopic (exact) mass is 440 g/mol. The molecule has 0 aliphatic heterocycles. The molecule has 1 atom stereocenters. The number of hydrogen-bond donors (Lipinski definition) is 2. The normalized spacial score (nSPS) is 13.4. The van der Waals surface area contributed by atoms with E-state index in [1.165, 1.54) is 0 Å². The summed E-state index contributed by atoms with van der Waals surface area (Å²) in [5.41, 5.74) is 6.37. The number of aromatic nitrogens is 1. The second-order valence-electron chi connectivity index (χ2n) is 8.34. The molecule has 1 unspecified atom stereocenters. The Labute approximate surface area is 191 Å². The van der Waals surface area contributed by atoms with Crippen molar-refractivity contribution in [2.24, 2.45) is 7.05 Å². The molecule has 6 heteroatoms. The number of fused-ring (bicyclic) bond motifs is 4. The van der Waals surface area contributed by atoms with Gasteiger partial charge in [0.15, 0.2) is 0 Å². The number of aliphatic carboxylic acids is 1. The van der Waals surface area contributed by atoms with Crippen LogP contribution in [0.1, 0.15) is 22.6 Å². The highest BCUT2D eigenvalue weighted by Gasteiger charge is 2.30. The third kappa shape index (κ3) is 3.84. The van der Waals surface area contributed by atoms with Crippen molar-refractivity contribution in [2.75, 3.05) is 6.61 Å². The van der Waals surface area contributed by atoms with Crippen LogP contribution in [0.4, 0.5) is 4.79 Å². The molecule has 0 radical (unpaired) electrons. The quantitative estimate of drug-likeness (QED) is 0.455. The maximum atomic E-state index is 12.6. The van der Waals surface area contributed by atoms with Crippen molar-refractivity contribution in [1.82, 2.24) is 9.88 Å². The van der Waals surface area contributed by atoms with E-state index in [9.17, 15) is 14.7 Å². The predicted octanol–water partition coefficient (Wildman–Crippen LogP) is 4.71. The summed E-state index contributed by atoms with van der Waals surface area (Å²) in [4.78, 5) is 24.5. The fourth-order valence-corrected chi connectivity index (χ4v) is 4.75. The summed E-state index contributed by atoms with van der Waals surface area (Å²) in [5, 5.41) is 13.2. The van der Waals surface area contributed by atoms with E-state index in [1.54, 1.807) is 0 Å². The van der Waals surface area contributed by atoms with Crippen molar-refractivity contribution in [3.8, 4) is 11.1 Å². The van der Waals surface area contributed by atoms with Crippen molar-refractivity contribution in [3.63, 3.8) is 0 Å². The number of rotatable bonds is 6. The molecule has 2 N–H and O–H groups in total. The molecule has 1 aliphatic rings. The molecule has 3 aromatic carbocycles. The molecule has 6 nitrogen and oxygen atoms in total. The van der Waals surface area contributed by atoms with Crippen LogP contribution in [-0.4, -0.2) is 34.4 Å². The second-order valence-corrected chi connectivity index (χ2v) is 8.34. The number of carboxylic acid groups (broad SMARTS) is 1. The van der Waals surface area contributed by atoms with E-state index in [2.05, 4.69) is 17.4 Å². The number of aryl methyl sites for hydroxylation is 1. The predicted molar refractivity (Wildman–Crippen MR) is 126 cm³/mol. The van der Waals surface area contributed by atoms with Gasteiger partial charge in [-0.2, -0.15) is 0 Å². The summed E-state index contributed by atoms with van der Waals surface area (Å²) in [5.74, 6) is -1.18. The van der Waals surface area contributed by atoms with Crippen molar-refractivity contribution < 1.29 is 19.4 Å². The molecule has 5 rings (SSSR count). The van der Waals surface area contributed by atoms with Gasteiger partial charge in [-0.15, -0.1) is 0 Å². The summed E-state index contributed by atoms with van der Waals surface area (Å²) < 4.78 is 7.51. The number of carboxylic acids is 1. The Morgan fingerprint density at radius 2 is 1.64 bits per heavy atom. The van der Waals surface area contributed by atoms with E-state index < -0.39 is 18.1 Å². The number of nitrogens with zero attached hydrogens (tertiary/aromatic N) is 1. The van der Waals surface area contributed by atoms with Gasteiger partial charge in [0, 0.05) is 36.5 Å². The van der Waals surface area contributed by atoms with Gasteiger partial charge < -0.3 is 19.7 Å². The zero-order valence-electron chi connectivity index (χ0n) is 18.2. The number of nitrogens with one attached hydrogen (secondary N) is 1. The fraction of sp³-hybridized carbons (Fsp3) is 0.185. The van der Waals surface area contributed by atoms with Crippen molar-refractivity contribution in [3.05, 3.63) is 95.7 Å². The summed E-state index contributed by atoms with van der Waals surface area (Å²) in [6.07, 6.45) is 1.37. The van der Waals surface area contributed by atoms with Crippen molar-refractivity contribution in [1.29, 1.82) is 0 Å². The smallest absolute Gasteiger partial charge is 0.407 e. The number of benzene rings is 3. The van der Waals surface area contributed by atoms with Crippen LogP contribution in [-0.2, 0) is 23.0 Å². The zero-order valence-corrected chi connectivity index (χ0v) is 18.2. The van der Waals surface area contributed by atoms with Crippen LogP contribution in [0.5, 0.6) is 0 Å². The Bertz CT molecular complexity index is 1310. The molecule has 0 saturated carbocycles. The first-order chi connectivity index (χ1) is 16.0. The van der Waals surface area contributed by atoms with Crippen LogP contribution < -0.4 is 5.32 Å². The standard InChI is InChI=1S/C27H24N2O4/c1-29-14-13-18-17(7-6-12-25(18)29)15-24(26(30)31)28-27(32)33-16-23-21-10-4-2-8-19(21)20-9-3-5-11-22(20)23/h2-14,23-24H,15-16H2,1H3,(H,28,32)(H,30,31). The second kappa shape index (κ2) is 8.47. The van der Waals surface area contributed by atoms with Crippen molar-refractivity contribution in [2.45, 2.75) is 18.4 Å². The number of alkyl carbamates (subject to hydrolysis) is 1. The van der Waals surface area contributed by atoms with Gasteiger partial charge in [-0.05, 0) is 39.9 Å². The van der Waals surface area contributed by atoms with Crippen LogP contribution in [0.15, 0.2) is 79.0 Å². The van der Waals surface area contributed by atoms with Crippen LogP contribution in [0.2, 0.25) is 0 Å². The van der Waals surface area contributed by atoms with Crippen LogP contribution in [0, 0.1) is 0 Å². The van der Waals surface area contributed by atoms with E-state index >= 15 is 0 Å². The van der Waals surface area contributed by atoms with Gasteiger partial charge in [0.05, 0.1) is 0 Å². The Hall–Kier alpha value is -4.06. The molecular formula is C27H24N2O4. The molecule has 1 amide bonds. The molecule has 0 saturated heterocycles. The highest BCUT2D eigenvalue weighted by Crippen LogP contribution is 2.44. The van der Waals surface area contributed by atoms with Crippen LogP contribution in [0.3, 0.4) is 0 Å². The van der Waals surface area contributed by atoms with Gasteiger partial charge in [0.1, 0.15) is 12.6 Å². The number of carbonyl (C=O) groups excluding carboxylic acids is 1. The SMILES string of the molecule is Cn1ccc2c(CC(NC(=O)OCC3c4ccccc4-c4ccccc43)C(=O)O)cccc21. The summed E-state index contributed by atoms with van der Waals surface area (Å²) >= 11 is 0. The van der Waals surface area contributed by atoms with E-state index in [4.69, 9.17) is 4.74 Å². The highest BCUT2D eigenvalue weighted by molar-refractivity contribution is 5.86. The first kappa shape index (κ1) is 20.8. The summed E-state index contributed by atoms with van der Waals surface area (Å²) in [6.45, 7) is 0.139. The molecule has 1 heterocycles. The average Bonchev–Trinajstić information content (AvgIpc) is 3.36. The topological polar surface area (TPSA) is 80.6 Å². The van der Waals surface area contributed by atoms with E-state index in [0.29, 0.717) is 0 Å². The fourth-order valence-electron chi connectivity index (χ4n) is 4.75. The molecule has 4 aromatic rings. The van der Waals surface area contributed by atoms with Gasteiger partial charge >= 0.3 is 12.1 Å². The van der Waals surface area contributed by atoms with Crippen LogP contribution >= 0.6 is 0 Å². The van der Waals surface area contributed by atoms with Crippen LogP contribution in [0.25, 0.3) is 22.0 Å². The molecule has 1 aromatic heterocycles. The summed E-state index contributed by atoms with van der Waals surface area (Å²) in [6, 6.07) is 22.8. The lowest BCUT2D eigenvalue weighted by Crippen LogP contribution is -2.43. The largest absolute Gasteiger partial charge is 0.480 e. The Morgan fingerprint density at radius 1 is 0.970 bits per heavy atom. The lowest BCUT2D eigenvalue weighted by atomic mass is 9.98. The lowest BCUT2D eigenvalue weighted by molar-refractivity contribution is -0.139. The number of hydrogen-bond acceptors (Lipinski definition) is 3. The molecule has 166 valence electrons. The lowest BCUT2D eigenvalue weighted by Gasteiger charge is -2.18. The van der Waals surface area contributed by atoms with Gasteiger partial charge in [0.2, 0.25) is 0 Å². The maximum Gasteiger partial charge on any atom is 0.407 e. The molecule has 33 heavy (non-hydrogen) atoms. The first-order valence-electron chi connectivity index (χ1n) is 10.9. The molecule has 0 spiro atoms. The molecular weight excluding hydrogens is 416 g/mol. The Kier molecular flexibility index (Phi) is 5.34. The van der Waals surface area contributed by atoms with Gasteiger partial charge in [-0.3, -0.25) is 0 Å². The minimum atomic E-state index is -1.10. The van der Waals surface area contributed by atoms with Gasteiger partial charge in [-0.25, -0.2) is 9.59 Å². The first-order valence-corrected chi connectivity index (χ1v) is 10.9. The number of amides is 1. The summed E-state index contributed by atoms with van der Waals surface area (Å²) in [7, 11) is 1.94. The molecule has 1 aliphatic carbocycles. The third-order valence-corrected chi connectivity index (χ3v) is 6.38. The van der Waals surface area contributed by atoms with E-state index in [0.717, 1.165) is 38.7 Å². The number of ether oxygens (including phenoxy) is 1. The minimum absolute atomic E-state index is 0.0792. The Balaban J connectivity index is 1.29. The van der Waals surface area contributed by atoms with Gasteiger partial charge in [-0.1, -0.05) is 60.7 Å². The zero-order chi connectivity index (χ0) is 22.9. The molecule has 0 fully saturated rings. The van der Waals surface area contributed by atoms with Gasteiger partial charge in [0.25, 0.3) is 0 Å². The maximum absolute atomic E-state index is 12.6. The van der Waals surface area contributed by atoms with Crippen molar-refractivity contribution >= 4 is 23.0 Å². The average molecular weight is 440 g/mol. The van der Waals surface area contributed by atoms with E-state index in [-0.39, 0.29) is 18.9 Å². The Morgan fingerprint density at radius 3 is 2.30 bits per heavy atom. The van der Waals surface area contributed by atoms with E-state index in [1.807, 2.05) is 78.5 Å². The third-order valence-electron chi connectivity index (χ3n) is 6.38. The molecule has 0 bridgehead atoms. The highest BCUT2D eigenvalue weighted by atomic mass is 16.5.